The largest absolute Gasteiger partial charge is 0.375 e. The summed E-state index contributed by atoms with van der Waals surface area (Å²) in [6, 6.07) is 1.84. The van der Waals surface area contributed by atoms with Crippen LogP contribution in [-0.2, 0) is 9.53 Å². The van der Waals surface area contributed by atoms with Crippen LogP contribution in [-0.4, -0.2) is 51.0 Å². The molecule has 3 heterocycles. The van der Waals surface area contributed by atoms with Gasteiger partial charge in [-0.25, -0.2) is 15.0 Å². The maximum Gasteiger partial charge on any atom is 0.249 e. The summed E-state index contributed by atoms with van der Waals surface area (Å²) in [6.07, 6.45) is 5.14. The van der Waals surface area contributed by atoms with E-state index in [2.05, 4.69) is 25.3 Å². The highest BCUT2D eigenvalue weighted by Gasteiger charge is 2.31. The third-order valence-corrected chi connectivity index (χ3v) is 4.06. The van der Waals surface area contributed by atoms with Crippen LogP contribution >= 0.6 is 0 Å². The van der Waals surface area contributed by atoms with E-state index in [1.54, 1.807) is 12.4 Å². The third-order valence-electron chi connectivity index (χ3n) is 4.06. The van der Waals surface area contributed by atoms with Crippen molar-refractivity contribution in [1.82, 2.24) is 24.8 Å². The van der Waals surface area contributed by atoms with Gasteiger partial charge in [0.1, 0.15) is 6.61 Å². The summed E-state index contributed by atoms with van der Waals surface area (Å²) in [7, 11) is 1.52. The summed E-state index contributed by atoms with van der Waals surface area (Å²) < 4.78 is 4.97. The van der Waals surface area contributed by atoms with E-state index < -0.39 is 0 Å². The molecule has 2 aromatic rings. The molecule has 1 amide bonds. The zero-order valence-corrected chi connectivity index (χ0v) is 14.7. The molecule has 3 rings (SSSR count). The van der Waals surface area contributed by atoms with E-state index in [1.807, 2.05) is 24.8 Å². The molecule has 0 spiro atoms. The van der Waals surface area contributed by atoms with Gasteiger partial charge in [-0.3, -0.25) is 9.78 Å². The van der Waals surface area contributed by atoms with Crippen LogP contribution in [0.1, 0.15) is 36.0 Å². The van der Waals surface area contributed by atoms with Gasteiger partial charge in [0.05, 0.1) is 24.1 Å². The number of nitrogens with zero attached hydrogens (tertiary/aromatic N) is 5. The van der Waals surface area contributed by atoms with E-state index in [1.165, 1.54) is 7.11 Å². The van der Waals surface area contributed by atoms with Gasteiger partial charge in [0.25, 0.3) is 0 Å². The van der Waals surface area contributed by atoms with Crippen LogP contribution in [0.5, 0.6) is 0 Å². The highest BCUT2D eigenvalue weighted by molar-refractivity contribution is 5.78. The summed E-state index contributed by atoms with van der Waals surface area (Å²) in [5.41, 5.74) is 2.52. The number of amides is 1. The maximum atomic E-state index is 12.2. The van der Waals surface area contributed by atoms with Crippen LogP contribution in [0.4, 0.5) is 11.8 Å². The number of carbonyl (C=O) groups is 1. The number of rotatable bonds is 5. The molecule has 1 N–H and O–H groups in total. The average molecular weight is 342 g/mol. The first-order chi connectivity index (χ1) is 12.1. The fourth-order valence-corrected chi connectivity index (χ4v) is 3.08. The zero-order valence-electron chi connectivity index (χ0n) is 14.7. The molecule has 2 aromatic heterocycles. The smallest absolute Gasteiger partial charge is 0.249 e. The minimum Gasteiger partial charge on any atom is -0.375 e. The Bertz CT molecular complexity index is 746. The molecule has 132 valence electrons. The Morgan fingerprint density at radius 2 is 2.04 bits per heavy atom. The predicted molar refractivity (Wildman–Crippen MR) is 92.4 cm³/mol. The second kappa shape index (κ2) is 7.52. The average Bonchev–Trinajstić information content (AvgIpc) is 3.04. The molecular formula is C17H22N6O2. The first-order valence-corrected chi connectivity index (χ1v) is 8.26. The molecule has 8 heteroatoms. The molecule has 1 unspecified atom stereocenters. The highest BCUT2D eigenvalue weighted by Crippen LogP contribution is 2.31. The Morgan fingerprint density at radius 3 is 2.76 bits per heavy atom. The van der Waals surface area contributed by atoms with Crippen LogP contribution in [0.15, 0.2) is 18.5 Å². The van der Waals surface area contributed by atoms with Crippen molar-refractivity contribution in [2.24, 2.45) is 0 Å². The summed E-state index contributed by atoms with van der Waals surface area (Å²) >= 11 is 0. The lowest BCUT2D eigenvalue weighted by Crippen LogP contribution is -2.33. The van der Waals surface area contributed by atoms with Gasteiger partial charge in [-0.2, -0.15) is 0 Å². The molecule has 0 bridgehead atoms. The Morgan fingerprint density at radius 1 is 1.28 bits per heavy atom. The van der Waals surface area contributed by atoms with Gasteiger partial charge >= 0.3 is 0 Å². The minimum absolute atomic E-state index is 0.0252. The molecule has 1 atom stereocenters. The van der Waals surface area contributed by atoms with Crippen molar-refractivity contribution in [3.8, 4) is 0 Å². The van der Waals surface area contributed by atoms with Gasteiger partial charge < -0.3 is 15.0 Å². The van der Waals surface area contributed by atoms with Crippen molar-refractivity contribution in [1.29, 1.82) is 0 Å². The Labute approximate surface area is 146 Å². The van der Waals surface area contributed by atoms with Crippen LogP contribution < -0.4 is 5.32 Å². The van der Waals surface area contributed by atoms with Gasteiger partial charge in [0.15, 0.2) is 5.82 Å². The normalized spacial score (nSPS) is 16.9. The lowest BCUT2D eigenvalue weighted by atomic mass is 10.1. The number of carbonyl (C=O) groups excluding carboxylic acids is 1. The molecule has 1 fully saturated rings. The molecule has 25 heavy (non-hydrogen) atoms. The van der Waals surface area contributed by atoms with Crippen molar-refractivity contribution in [3.63, 3.8) is 0 Å². The van der Waals surface area contributed by atoms with E-state index >= 15 is 0 Å². The topological polar surface area (TPSA) is 93.1 Å². The molecule has 1 aliphatic heterocycles. The van der Waals surface area contributed by atoms with Gasteiger partial charge in [-0.15, -0.1) is 0 Å². The fraction of sp³-hybridized carbons (Fsp3) is 0.471. The summed E-state index contributed by atoms with van der Waals surface area (Å²) in [5.74, 6) is 1.03. The molecule has 0 saturated carbocycles. The van der Waals surface area contributed by atoms with E-state index in [0.29, 0.717) is 18.3 Å². The van der Waals surface area contributed by atoms with Gasteiger partial charge in [0.2, 0.25) is 11.9 Å². The standard InChI is InChI=1S/C17H22N6O2/c1-11-7-12(2)20-17(19-11)22-15-9-18-8-13(21-15)14-5-4-6-23(14)16(24)10-25-3/h7-9,14H,4-6,10H2,1-3H3,(H,19,20,21,22). The van der Waals surface area contributed by atoms with Crippen molar-refractivity contribution in [2.45, 2.75) is 32.7 Å². The van der Waals surface area contributed by atoms with Crippen molar-refractivity contribution in [3.05, 3.63) is 35.5 Å². The van der Waals surface area contributed by atoms with Crippen LogP contribution in [0.3, 0.4) is 0 Å². The SMILES string of the molecule is COCC(=O)N1CCCC1c1cncc(Nc2nc(C)cc(C)n2)n1. The Balaban J connectivity index is 1.80. The predicted octanol–water partition coefficient (Wildman–Crippen LogP) is 1.94. The Kier molecular flexibility index (Phi) is 5.18. The quantitative estimate of drug-likeness (QED) is 0.887. The van der Waals surface area contributed by atoms with E-state index in [-0.39, 0.29) is 18.6 Å². The van der Waals surface area contributed by atoms with Gasteiger partial charge in [0, 0.05) is 25.0 Å². The number of aryl methyl sites for hydroxylation is 2. The number of hydrogen-bond acceptors (Lipinski definition) is 7. The zero-order chi connectivity index (χ0) is 17.8. The lowest BCUT2D eigenvalue weighted by Gasteiger charge is -2.24. The van der Waals surface area contributed by atoms with Gasteiger partial charge in [-0.05, 0) is 32.8 Å². The minimum atomic E-state index is -0.0722. The number of nitrogens with one attached hydrogen (secondary N) is 1. The molecule has 0 radical (unpaired) electrons. The maximum absolute atomic E-state index is 12.2. The summed E-state index contributed by atoms with van der Waals surface area (Å²) in [5, 5.41) is 3.09. The van der Waals surface area contributed by atoms with Crippen LogP contribution in [0, 0.1) is 13.8 Å². The molecule has 1 saturated heterocycles. The molecule has 0 aromatic carbocycles. The van der Waals surface area contributed by atoms with E-state index in [9.17, 15) is 4.79 Å². The summed E-state index contributed by atoms with van der Waals surface area (Å²) in [4.78, 5) is 31.6. The molecular weight excluding hydrogens is 320 g/mol. The fourth-order valence-electron chi connectivity index (χ4n) is 3.08. The second-order valence-electron chi connectivity index (χ2n) is 6.11. The second-order valence-corrected chi connectivity index (χ2v) is 6.11. The first-order valence-electron chi connectivity index (χ1n) is 8.26. The highest BCUT2D eigenvalue weighted by atomic mass is 16.5. The van der Waals surface area contributed by atoms with Crippen LogP contribution in [0.25, 0.3) is 0 Å². The van der Waals surface area contributed by atoms with Crippen LogP contribution in [0.2, 0.25) is 0 Å². The summed E-state index contributed by atoms with van der Waals surface area (Å²) in [6.45, 7) is 4.63. The third kappa shape index (κ3) is 4.08. The number of methoxy groups -OCH3 is 1. The molecule has 8 nitrogen and oxygen atoms in total. The lowest BCUT2D eigenvalue weighted by molar-refractivity contribution is -0.136. The molecule has 0 aliphatic carbocycles. The first kappa shape index (κ1) is 17.2. The van der Waals surface area contributed by atoms with E-state index in [4.69, 9.17) is 4.74 Å². The van der Waals surface area contributed by atoms with Gasteiger partial charge in [-0.1, -0.05) is 0 Å². The number of hydrogen-bond donors (Lipinski definition) is 1. The molecule has 1 aliphatic rings. The monoisotopic (exact) mass is 342 g/mol. The van der Waals surface area contributed by atoms with Crippen molar-refractivity contribution >= 4 is 17.7 Å². The number of likely N-dealkylation sites (tertiary alicyclic amines) is 1. The number of ether oxygens (including phenoxy) is 1. The number of aromatic nitrogens is 4. The number of anilines is 2. The van der Waals surface area contributed by atoms with Crippen molar-refractivity contribution < 1.29 is 9.53 Å². The van der Waals surface area contributed by atoms with Crippen molar-refractivity contribution in [2.75, 3.05) is 25.6 Å². The Hall–Kier alpha value is -2.61. The van der Waals surface area contributed by atoms with E-state index in [0.717, 1.165) is 29.9 Å².